The van der Waals surface area contributed by atoms with Crippen LogP contribution in [0.2, 0.25) is 20.1 Å². The van der Waals surface area contributed by atoms with E-state index < -0.39 is 91.2 Å². The largest absolute Gasteiger partial charge is 0.485 e. The van der Waals surface area contributed by atoms with E-state index in [2.05, 4.69) is 59.8 Å². The van der Waals surface area contributed by atoms with Gasteiger partial charge in [0.15, 0.2) is 23.3 Å². The number of rotatable bonds is 20. The lowest BCUT2D eigenvalue weighted by Gasteiger charge is -2.18. The van der Waals surface area contributed by atoms with Crippen LogP contribution < -0.4 is 41.2 Å². The van der Waals surface area contributed by atoms with E-state index in [1.165, 1.54) is 18.3 Å². The molecule has 0 radical (unpaired) electrons. The van der Waals surface area contributed by atoms with Crippen LogP contribution in [-0.4, -0.2) is 98.5 Å². The Balaban J connectivity index is 0.000000135. The fraction of sp³-hybridized carbons (Fsp3) is 0.259. The fourth-order valence-electron chi connectivity index (χ4n) is 17.9. The van der Waals surface area contributed by atoms with Crippen molar-refractivity contribution in [2.75, 3.05) is 0 Å². The minimum atomic E-state index is -0.998. The molecule has 4 atom stereocenters. The third-order valence-corrected chi connectivity index (χ3v) is 27.4. The predicted molar refractivity (Wildman–Crippen MR) is 536 cm³/mol. The van der Waals surface area contributed by atoms with Crippen molar-refractivity contribution in [2.24, 2.45) is 0 Å². The van der Waals surface area contributed by atoms with E-state index in [4.69, 9.17) is 65.4 Å². The number of hydrogen-bond donors (Lipinski definition) is 4. The SMILES string of the molecule is Cc1cnc(-c2ccc3c(n2)[C@@](C)(O)CC3)cc1-n1c(C)cc(OCc2ncc(F)cc2F)c(Cl)c1=O.Cc1cnc(-c2ccc3c(n2)[C@@](C)(O)CC3)cc1-n1c(C)cc(OCc2ncc(F)cc2F)c(Cl)c1=O.Cc1cnc(-c2ccc3c(n2)[C@](C)(O)CC3)cc1-n1c(C)cc(OCc2ncc(F)cc2F)c(Cl)c1=O.Cc1cnc(-c2ccc3c(n2)[C@](C)(O)CC3)cc1-n1c(C)cc(OCc2ncc(F)cc2F)c(Cl)c1=O. The Kier molecular flexibility index (Phi) is 29.6. The van der Waals surface area contributed by atoms with Gasteiger partial charge in [0.25, 0.3) is 22.2 Å². The van der Waals surface area contributed by atoms with Gasteiger partial charge in [-0.2, -0.15) is 0 Å². The molecule has 760 valence electrons. The molecule has 16 aromatic heterocycles. The number of ether oxygens (including phenoxy) is 4. The van der Waals surface area contributed by atoms with Crippen molar-refractivity contribution in [3.63, 3.8) is 0 Å². The minimum absolute atomic E-state index is 0.0559. The Morgan fingerprint density at radius 2 is 0.480 bits per heavy atom. The average Bonchev–Trinajstić information content (AvgIpc) is 1.69. The molecule has 0 unspecified atom stereocenters. The van der Waals surface area contributed by atoms with E-state index in [0.717, 1.165) is 95.0 Å². The van der Waals surface area contributed by atoms with Gasteiger partial charge in [-0.25, -0.2) is 55.1 Å². The molecule has 0 saturated heterocycles. The predicted octanol–water partition coefficient (Wildman–Crippen LogP) is 19.9. The summed E-state index contributed by atoms with van der Waals surface area (Å²) in [4.78, 5) is 105. The Labute approximate surface area is 860 Å². The first kappa shape index (κ1) is 105. The first-order valence-electron chi connectivity index (χ1n) is 46.4. The molecule has 0 aliphatic heterocycles. The summed E-state index contributed by atoms with van der Waals surface area (Å²) in [6.07, 6.45) is 15.6. The lowest BCUT2D eigenvalue weighted by Crippen LogP contribution is -2.23. The summed E-state index contributed by atoms with van der Waals surface area (Å²) in [6.45, 7) is 19.8. The van der Waals surface area contributed by atoms with Gasteiger partial charge in [-0.05, 0) is 227 Å². The van der Waals surface area contributed by atoms with E-state index in [-0.39, 0.29) is 92.3 Å². The van der Waals surface area contributed by atoms with Crippen molar-refractivity contribution < 1.29 is 74.5 Å². The van der Waals surface area contributed by atoms with Crippen molar-refractivity contribution >= 4 is 46.4 Å². The Morgan fingerprint density at radius 3 is 0.669 bits per heavy atom. The highest BCUT2D eigenvalue weighted by molar-refractivity contribution is 6.33. The van der Waals surface area contributed by atoms with Gasteiger partial charge in [0.1, 0.15) is 138 Å². The van der Waals surface area contributed by atoms with Gasteiger partial charge in [-0.1, -0.05) is 70.7 Å². The van der Waals surface area contributed by atoms with Gasteiger partial charge < -0.3 is 39.4 Å². The minimum Gasteiger partial charge on any atom is -0.485 e. The zero-order valence-corrected chi connectivity index (χ0v) is 84.4. The third-order valence-electron chi connectivity index (χ3n) is 26.0. The number of aliphatic hydroxyl groups is 4. The van der Waals surface area contributed by atoms with Gasteiger partial charge in [-0.3, -0.25) is 77.3 Å². The number of hydrogen-bond acceptors (Lipinski definition) is 24. The molecule has 148 heavy (non-hydrogen) atoms. The summed E-state index contributed by atoms with van der Waals surface area (Å²) >= 11 is 25.5. The Hall–Kier alpha value is -14.8. The van der Waals surface area contributed by atoms with Crippen LogP contribution in [0.15, 0.2) is 190 Å². The molecule has 28 nitrogen and oxygen atoms in total. The molecule has 16 aromatic rings. The highest BCUT2D eigenvalue weighted by atomic mass is 35.5. The molecular weight excluding hydrogens is 2010 g/mol. The molecular formula is C108H92Cl4F8N16O12. The molecule has 4 aliphatic rings. The molecule has 0 spiro atoms. The third kappa shape index (κ3) is 21.6. The second kappa shape index (κ2) is 41.9. The zero-order valence-electron chi connectivity index (χ0n) is 81.4. The number of aromatic nitrogens is 16. The van der Waals surface area contributed by atoms with Crippen LogP contribution in [0, 0.1) is 102 Å². The van der Waals surface area contributed by atoms with Crippen LogP contribution in [0.5, 0.6) is 23.0 Å². The first-order valence-corrected chi connectivity index (χ1v) is 47.9. The van der Waals surface area contributed by atoms with E-state index in [0.29, 0.717) is 164 Å². The van der Waals surface area contributed by atoms with Crippen molar-refractivity contribution in [3.05, 3.63) is 392 Å². The number of fused-ring (bicyclic) bond motifs is 4. The molecule has 4 aliphatic carbocycles. The zero-order chi connectivity index (χ0) is 106. The van der Waals surface area contributed by atoms with Gasteiger partial charge in [-0.15, -0.1) is 0 Å². The molecule has 0 amide bonds. The summed E-state index contributed by atoms with van der Waals surface area (Å²) in [5.41, 5.74) is 11.6. The maximum atomic E-state index is 13.9. The normalized spacial score (nSPS) is 16.6. The summed E-state index contributed by atoms with van der Waals surface area (Å²) in [5, 5.41) is 41.9. The summed E-state index contributed by atoms with van der Waals surface area (Å²) in [7, 11) is 0. The number of nitrogens with zero attached hydrogens (tertiary/aromatic N) is 16. The van der Waals surface area contributed by atoms with Gasteiger partial charge in [0.2, 0.25) is 0 Å². The van der Waals surface area contributed by atoms with E-state index in [1.54, 1.807) is 129 Å². The second-order valence-electron chi connectivity index (χ2n) is 37.2. The van der Waals surface area contributed by atoms with E-state index >= 15 is 0 Å². The highest BCUT2D eigenvalue weighted by Gasteiger charge is 2.39. The van der Waals surface area contributed by atoms with Crippen LogP contribution in [-0.2, 0) is 74.5 Å². The first-order chi connectivity index (χ1) is 70.2. The molecule has 0 fully saturated rings. The Morgan fingerprint density at radius 1 is 0.284 bits per heavy atom. The number of pyridine rings is 16. The van der Waals surface area contributed by atoms with Gasteiger partial charge in [0.05, 0.1) is 116 Å². The second-order valence-corrected chi connectivity index (χ2v) is 38.7. The monoisotopic (exact) mass is 2100 g/mol. The maximum absolute atomic E-state index is 13.9. The summed E-state index contributed by atoms with van der Waals surface area (Å²) in [5.74, 6) is -6.41. The quantitative estimate of drug-likeness (QED) is 0.0515. The average molecular weight is 2100 g/mol. The molecule has 0 saturated carbocycles. The molecule has 4 N–H and O–H groups in total. The van der Waals surface area contributed by atoms with Crippen LogP contribution in [0.1, 0.15) is 166 Å². The molecule has 0 bridgehead atoms. The van der Waals surface area contributed by atoms with Crippen LogP contribution in [0.3, 0.4) is 0 Å². The summed E-state index contributed by atoms with van der Waals surface area (Å²) in [6, 6.07) is 31.2. The van der Waals surface area contributed by atoms with Gasteiger partial charge in [0, 0.05) is 96.1 Å². The maximum Gasteiger partial charge on any atom is 0.277 e. The molecule has 0 aromatic carbocycles. The lowest BCUT2D eigenvalue weighted by molar-refractivity contribution is 0.0550. The fourth-order valence-corrected chi connectivity index (χ4v) is 18.7. The van der Waals surface area contributed by atoms with E-state index in [1.807, 2.05) is 76.2 Å². The van der Waals surface area contributed by atoms with Crippen molar-refractivity contribution in [1.29, 1.82) is 0 Å². The Bertz CT molecular complexity index is 7370. The van der Waals surface area contributed by atoms with Crippen LogP contribution in [0.4, 0.5) is 35.1 Å². The van der Waals surface area contributed by atoms with Crippen molar-refractivity contribution in [3.8, 4) is 91.3 Å². The molecule has 20 rings (SSSR count). The number of aryl methyl sites for hydroxylation is 12. The van der Waals surface area contributed by atoms with Crippen molar-refractivity contribution in [1.82, 2.24) is 78.1 Å². The van der Waals surface area contributed by atoms with Crippen molar-refractivity contribution in [2.45, 2.75) is 183 Å². The molecule has 16 heterocycles. The number of halogens is 12. The van der Waals surface area contributed by atoms with E-state index in [9.17, 15) is 74.7 Å². The van der Waals surface area contributed by atoms with Crippen LogP contribution in [0.25, 0.3) is 68.3 Å². The molecule has 40 heteroatoms. The standard InChI is InChI=1S/4C27H23ClF2N4O3/c4*1-14-11-31-20(19-5-4-16-6-7-27(3,36)25(16)33-19)10-22(14)34-15(2)8-23(24(28)26(34)35)37-13-21-18(30)9-17(29)12-32-21/h4*4-5,8-12,36H,6-7,13H2,1-3H3/t4*27-/m1100/s1. The highest BCUT2D eigenvalue weighted by Crippen LogP contribution is 2.43. The van der Waals surface area contributed by atoms with Gasteiger partial charge >= 0.3 is 0 Å². The van der Waals surface area contributed by atoms with Crippen LogP contribution >= 0.6 is 46.4 Å². The lowest BCUT2D eigenvalue weighted by atomic mass is 10.0. The summed E-state index contributed by atoms with van der Waals surface area (Å²) < 4.78 is 136. The topological polar surface area (TPSA) is 361 Å². The smallest absolute Gasteiger partial charge is 0.277 e.